The summed E-state index contributed by atoms with van der Waals surface area (Å²) in [5, 5.41) is 6.11. The average molecular weight is 393 g/mol. The van der Waals surface area contributed by atoms with Gasteiger partial charge in [0.05, 0.1) is 23.9 Å². The van der Waals surface area contributed by atoms with Crippen molar-refractivity contribution in [1.29, 1.82) is 0 Å². The van der Waals surface area contributed by atoms with Crippen LogP contribution in [0.5, 0.6) is 0 Å². The van der Waals surface area contributed by atoms with E-state index in [9.17, 15) is 14.4 Å². The summed E-state index contributed by atoms with van der Waals surface area (Å²) < 4.78 is 0. The second-order valence-corrected chi connectivity index (χ2v) is 7.87. The number of urea groups is 1. The van der Waals surface area contributed by atoms with Crippen molar-refractivity contribution in [3.63, 3.8) is 0 Å². The van der Waals surface area contributed by atoms with E-state index in [-0.39, 0.29) is 37.0 Å². The predicted molar refractivity (Wildman–Crippen MR) is 103 cm³/mol. The summed E-state index contributed by atoms with van der Waals surface area (Å²) in [6, 6.07) is 6.59. The molecule has 27 heavy (non-hydrogen) atoms. The molecule has 0 unspecified atom stereocenters. The highest BCUT2D eigenvalue weighted by Gasteiger charge is 2.54. The highest BCUT2D eigenvalue weighted by atomic mass is 35.5. The van der Waals surface area contributed by atoms with E-state index in [1.165, 1.54) is 4.90 Å². The number of carbonyl (C=O) groups is 3. The first-order chi connectivity index (χ1) is 12.8. The van der Waals surface area contributed by atoms with Crippen LogP contribution in [0.1, 0.15) is 32.6 Å². The SMILES string of the molecule is C[C@H]1CCCC[C@@]12NC(=O)N(CN(C)CC(=O)Nc1ccccc1Cl)C2=O. The number of hydrogen-bond donors (Lipinski definition) is 2. The fourth-order valence-corrected chi connectivity index (χ4v) is 4.10. The van der Waals surface area contributed by atoms with Gasteiger partial charge in [0.25, 0.3) is 5.91 Å². The molecule has 0 aromatic heterocycles. The van der Waals surface area contributed by atoms with Crippen molar-refractivity contribution >= 4 is 35.1 Å². The maximum Gasteiger partial charge on any atom is 0.326 e. The summed E-state index contributed by atoms with van der Waals surface area (Å²) >= 11 is 6.04. The van der Waals surface area contributed by atoms with Gasteiger partial charge >= 0.3 is 6.03 Å². The van der Waals surface area contributed by atoms with Crippen molar-refractivity contribution in [2.45, 2.75) is 38.1 Å². The fraction of sp³-hybridized carbons (Fsp3) is 0.526. The Morgan fingerprint density at radius 1 is 1.37 bits per heavy atom. The Morgan fingerprint density at radius 2 is 2.11 bits per heavy atom. The summed E-state index contributed by atoms with van der Waals surface area (Å²) in [5.74, 6) is -0.335. The van der Waals surface area contributed by atoms with E-state index in [4.69, 9.17) is 11.6 Å². The van der Waals surface area contributed by atoms with Crippen LogP contribution in [0.2, 0.25) is 5.02 Å². The Kier molecular flexibility index (Phi) is 5.72. The van der Waals surface area contributed by atoms with E-state index < -0.39 is 5.54 Å². The van der Waals surface area contributed by atoms with Crippen LogP contribution in [0, 0.1) is 5.92 Å². The van der Waals surface area contributed by atoms with Crippen molar-refractivity contribution in [3.8, 4) is 0 Å². The zero-order valence-electron chi connectivity index (χ0n) is 15.6. The molecule has 1 aliphatic carbocycles. The number of anilines is 1. The van der Waals surface area contributed by atoms with Gasteiger partial charge in [-0.25, -0.2) is 9.69 Å². The standard InChI is InChI=1S/C19H25ClN4O3/c1-13-7-5-6-10-19(13)17(26)24(18(27)22-19)12-23(2)11-16(25)21-15-9-4-3-8-14(15)20/h3-4,8-9,13H,5-7,10-12H2,1-2H3,(H,21,25)(H,22,27)/t13-,19+/m0/s1. The van der Waals surface area contributed by atoms with Crippen LogP contribution in [0.3, 0.4) is 0 Å². The highest BCUT2D eigenvalue weighted by Crippen LogP contribution is 2.38. The number of benzene rings is 1. The van der Waals surface area contributed by atoms with Crippen LogP contribution in [-0.2, 0) is 9.59 Å². The minimum absolute atomic E-state index is 0.0326. The molecule has 2 N–H and O–H groups in total. The third kappa shape index (κ3) is 3.94. The van der Waals surface area contributed by atoms with Gasteiger partial charge in [-0.3, -0.25) is 14.5 Å². The van der Waals surface area contributed by atoms with Crippen molar-refractivity contribution in [2.75, 3.05) is 25.6 Å². The molecule has 146 valence electrons. The number of nitrogens with zero attached hydrogens (tertiary/aromatic N) is 2. The van der Waals surface area contributed by atoms with Gasteiger partial charge in [0.2, 0.25) is 5.91 Å². The second-order valence-electron chi connectivity index (χ2n) is 7.47. The number of nitrogens with one attached hydrogen (secondary N) is 2. The van der Waals surface area contributed by atoms with Gasteiger partial charge in [-0.1, -0.05) is 43.5 Å². The van der Waals surface area contributed by atoms with Gasteiger partial charge in [-0.15, -0.1) is 0 Å². The first kappa shape index (κ1) is 19.6. The molecule has 2 atom stereocenters. The number of carbonyl (C=O) groups excluding carboxylic acids is 3. The summed E-state index contributed by atoms with van der Waals surface area (Å²) in [7, 11) is 1.70. The molecular weight excluding hydrogens is 368 g/mol. The molecule has 4 amide bonds. The van der Waals surface area contributed by atoms with Gasteiger partial charge < -0.3 is 10.6 Å². The number of halogens is 1. The van der Waals surface area contributed by atoms with Crippen LogP contribution >= 0.6 is 11.6 Å². The van der Waals surface area contributed by atoms with Crippen molar-refractivity contribution < 1.29 is 14.4 Å². The first-order valence-electron chi connectivity index (χ1n) is 9.20. The van der Waals surface area contributed by atoms with E-state index in [0.717, 1.165) is 19.3 Å². The van der Waals surface area contributed by atoms with Crippen molar-refractivity contribution in [3.05, 3.63) is 29.3 Å². The molecule has 8 heteroatoms. The topological polar surface area (TPSA) is 81.8 Å². The van der Waals surface area contributed by atoms with Crippen LogP contribution < -0.4 is 10.6 Å². The van der Waals surface area contributed by atoms with E-state index in [1.54, 1.807) is 36.2 Å². The summed E-state index contributed by atoms with van der Waals surface area (Å²) in [5.41, 5.74) is -0.252. The number of imide groups is 1. The van der Waals surface area contributed by atoms with E-state index in [0.29, 0.717) is 17.1 Å². The zero-order chi connectivity index (χ0) is 19.6. The molecule has 3 rings (SSSR count). The number of amides is 4. The van der Waals surface area contributed by atoms with E-state index in [2.05, 4.69) is 10.6 Å². The molecule has 2 aliphatic rings. The van der Waals surface area contributed by atoms with Gasteiger partial charge in [0.15, 0.2) is 0 Å². The van der Waals surface area contributed by atoms with Crippen molar-refractivity contribution in [2.24, 2.45) is 5.92 Å². The molecule has 7 nitrogen and oxygen atoms in total. The Bertz CT molecular complexity index is 756. The smallest absolute Gasteiger partial charge is 0.324 e. The van der Waals surface area contributed by atoms with E-state index >= 15 is 0 Å². The molecule has 0 bridgehead atoms. The lowest BCUT2D eigenvalue weighted by atomic mass is 9.73. The number of hydrogen-bond acceptors (Lipinski definition) is 4. The Morgan fingerprint density at radius 3 is 2.81 bits per heavy atom. The highest BCUT2D eigenvalue weighted by molar-refractivity contribution is 6.33. The molecule has 2 fully saturated rings. The normalized spacial score (nSPS) is 25.2. The zero-order valence-corrected chi connectivity index (χ0v) is 16.4. The van der Waals surface area contributed by atoms with Gasteiger partial charge in [0, 0.05) is 0 Å². The van der Waals surface area contributed by atoms with Crippen LogP contribution in [-0.4, -0.2) is 53.4 Å². The molecular formula is C19H25ClN4O3. The molecule has 1 heterocycles. The van der Waals surface area contributed by atoms with Gasteiger partial charge in [-0.2, -0.15) is 0 Å². The molecule has 1 aromatic rings. The molecule has 1 saturated carbocycles. The number of likely N-dealkylation sites (N-methyl/N-ethyl adjacent to an activating group) is 1. The third-order valence-electron chi connectivity index (χ3n) is 5.45. The maximum absolute atomic E-state index is 13.0. The minimum atomic E-state index is -0.782. The van der Waals surface area contributed by atoms with Crippen LogP contribution in [0.25, 0.3) is 0 Å². The van der Waals surface area contributed by atoms with E-state index in [1.807, 2.05) is 6.92 Å². The largest absolute Gasteiger partial charge is 0.326 e. The lowest BCUT2D eigenvalue weighted by Gasteiger charge is -2.37. The summed E-state index contributed by atoms with van der Waals surface area (Å²) in [6.07, 6.45) is 3.61. The maximum atomic E-state index is 13.0. The first-order valence-corrected chi connectivity index (χ1v) is 9.58. The molecule has 1 aliphatic heterocycles. The Labute approximate surface area is 164 Å². The Hall–Kier alpha value is -2.12. The average Bonchev–Trinajstić information content (AvgIpc) is 2.84. The van der Waals surface area contributed by atoms with Crippen LogP contribution in [0.15, 0.2) is 24.3 Å². The second kappa shape index (κ2) is 7.86. The number of rotatable bonds is 5. The fourth-order valence-electron chi connectivity index (χ4n) is 3.91. The van der Waals surface area contributed by atoms with Gasteiger partial charge in [-0.05, 0) is 37.9 Å². The minimum Gasteiger partial charge on any atom is -0.324 e. The summed E-state index contributed by atoms with van der Waals surface area (Å²) in [4.78, 5) is 40.5. The van der Waals surface area contributed by atoms with Crippen LogP contribution in [0.4, 0.5) is 10.5 Å². The number of para-hydroxylation sites is 1. The van der Waals surface area contributed by atoms with Crippen molar-refractivity contribution in [1.82, 2.24) is 15.1 Å². The predicted octanol–water partition coefficient (Wildman–Crippen LogP) is 2.67. The van der Waals surface area contributed by atoms with Gasteiger partial charge in [0.1, 0.15) is 5.54 Å². The quantitative estimate of drug-likeness (QED) is 0.755. The summed E-state index contributed by atoms with van der Waals surface area (Å²) in [6.45, 7) is 2.11. The monoisotopic (exact) mass is 392 g/mol. The molecule has 1 aromatic carbocycles. The Balaban J connectivity index is 1.60. The molecule has 1 saturated heterocycles. The lowest BCUT2D eigenvalue weighted by Crippen LogP contribution is -2.54. The third-order valence-corrected chi connectivity index (χ3v) is 5.78. The molecule has 0 radical (unpaired) electrons. The molecule has 1 spiro atoms. The lowest BCUT2D eigenvalue weighted by molar-refractivity contribution is -0.136.